The first-order valence-corrected chi connectivity index (χ1v) is 10.9. The topological polar surface area (TPSA) is 56.7 Å². The molecule has 0 spiro atoms. The molecule has 0 aromatic heterocycles. The summed E-state index contributed by atoms with van der Waals surface area (Å²) in [6.07, 6.45) is 6.86. The van der Waals surface area contributed by atoms with Gasteiger partial charge in [-0.1, -0.05) is 56.0 Å². The van der Waals surface area contributed by atoms with E-state index in [-0.39, 0.29) is 35.9 Å². The van der Waals surface area contributed by atoms with Gasteiger partial charge in [0.05, 0.1) is 0 Å². The first kappa shape index (κ1) is 24.0. The Morgan fingerprint density at radius 3 is 2.52 bits per heavy atom. The molecule has 2 aliphatic rings. The lowest BCUT2D eigenvalue weighted by atomic mass is 9.88. The van der Waals surface area contributed by atoms with Gasteiger partial charge in [0.15, 0.2) is 5.96 Å². The summed E-state index contributed by atoms with van der Waals surface area (Å²) in [6, 6.07) is 9.01. The highest BCUT2D eigenvalue weighted by Crippen LogP contribution is 2.26. The number of halogens is 1. The van der Waals surface area contributed by atoms with E-state index in [0.29, 0.717) is 11.8 Å². The summed E-state index contributed by atoms with van der Waals surface area (Å²) in [5, 5.41) is 6.97. The van der Waals surface area contributed by atoms with Crippen LogP contribution in [0, 0.1) is 12.8 Å². The van der Waals surface area contributed by atoms with Gasteiger partial charge in [-0.3, -0.25) is 9.79 Å². The summed E-state index contributed by atoms with van der Waals surface area (Å²) in [4.78, 5) is 19.2. The quantitative estimate of drug-likeness (QED) is 0.356. The predicted molar refractivity (Wildman–Crippen MR) is 131 cm³/mol. The number of benzene rings is 1. The molecule has 1 saturated heterocycles. The number of nitrogens with zero attached hydrogens (tertiary/aromatic N) is 2. The van der Waals surface area contributed by atoms with Crippen LogP contribution in [0.15, 0.2) is 29.3 Å². The van der Waals surface area contributed by atoms with Gasteiger partial charge in [-0.15, -0.1) is 24.0 Å². The number of guanidine groups is 1. The highest BCUT2D eigenvalue weighted by atomic mass is 127. The zero-order valence-electron chi connectivity index (χ0n) is 18.1. The monoisotopic (exact) mass is 512 g/mol. The van der Waals surface area contributed by atoms with Crippen molar-refractivity contribution in [1.82, 2.24) is 15.5 Å². The molecule has 1 amide bonds. The molecule has 2 N–H and O–H groups in total. The second-order valence-electron chi connectivity index (χ2n) is 8.51. The molecule has 29 heavy (non-hydrogen) atoms. The summed E-state index contributed by atoms with van der Waals surface area (Å²) < 4.78 is 0. The van der Waals surface area contributed by atoms with Crippen molar-refractivity contribution in [2.45, 2.75) is 64.3 Å². The van der Waals surface area contributed by atoms with Gasteiger partial charge in [0.2, 0.25) is 5.91 Å². The Bertz CT molecular complexity index is 670. The third kappa shape index (κ3) is 6.86. The maximum atomic E-state index is 12.7. The van der Waals surface area contributed by atoms with E-state index in [4.69, 9.17) is 0 Å². The van der Waals surface area contributed by atoms with Crippen LogP contribution in [-0.4, -0.2) is 49.5 Å². The van der Waals surface area contributed by atoms with Crippen molar-refractivity contribution in [3.8, 4) is 0 Å². The number of hydrogen-bond acceptors (Lipinski definition) is 2. The Balaban J connectivity index is 0.00000300. The highest BCUT2D eigenvalue weighted by molar-refractivity contribution is 14.0. The number of rotatable bonds is 5. The molecule has 2 unspecified atom stereocenters. The van der Waals surface area contributed by atoms with Crippen molar-refractivity contribution >= 4 is 35.8 Å². The van der Waals surface area contributed by atoms with Crippen molar-refractivity contribution in [2.24, 2.45) is 10.9 Å². The van der Waals surface area contributed by atoms with Crippen LogP contribution >= 0.6 is 24.0 Å². The number of hydrogen-bond donors (Lipinski definition) is 2. The molecule has 2 atom stereocenters. The van der Waals surface area contributed by atoms with Gasteiger partial charge in [0, 0.05) is 38.6 Å². The Morgan fingerprint density at radius 2 is 1.86 bits per heavy atom. The lowest BCUT2D eigenvalue weighted by Crippen LogP contribution is -2.46. The summed E-state index contributed by atoms with van der Waals surface area (Å²) in [6.45, 7) is 6.83. The number of amides is 1. The normalized spacial score (nSPS) is 21.4. The third-order valence-corrected chi connectivity index (χ3v) is 6.24. The van der Waals surface area contributed by atoms with Crippen LogP contribution in [0.2, 0.25) is 0 Å². The zero-order chi connectivity index (χ0) is 19.9. The highest BCUT2D eigenvalue weighted by Gasteiger charge is 2.31. The standard InChI is InChI=1S/C23H36N4O.HI/c1-17-9-11-19(12-10-17)18(2)15-25-23(24-3)26-21-13-14-27(16-21)22(28)20-7-5-4-6-8-20;/h9-12,18,20-21H,4-8,13-16H2,1-3H3,(H2,24,25,26);1H. The molecule has 0 bridgehead atoms. The minimum absolute atomic E-state index is 0. The summed E-state index contributed by atoms with van der Waals surface area (Å²) in [7, 11) is 1.81. The van der Waals surface area contributed by atoms with E-state index in [9.17, 15) is 4.79 Å². The van der Waals surface area contributed by atoms with Gasteiger partial charge >= 0.3 is 0 Å². The summed E-state index contributed by atoms with van der Waals surface area (Å²) >= 11 is 0. The van der Waals surface area contributed by atoms with E-state index < -0.39 is 0 Å². The summed E-state index contributed by atoms with van der Waals surface area (Å²) in [5.41, 5.74) is 2.62. The third-order valence-electron chi connectivity index (χ3n) is 6.24. The maximum Gasteiger partial charge on any atom is 0.225 e. The van der Waals surface area contributed by atoms with Crippen molar-refractivity contribution in [3.05, 3.63) is 35.4 Å². The summed E-state index contributed by atoms with van der Waals surface area (Å²) in [5.74, 6) is 1.88. The molecule has 1 aliphatic heterocycles. The second kappa shape index (κ2) is 11.8. The van der Waals surface area contributed by atoms with Gasteiger partial charge in [0.1, 0.15) is 0 Å². The maximum absolute atomic E-state index is 12.7. The number of carbonyl (C=O) groups excluding carboxylic acids is 1. The van der Waals surface area contributed by atoms with Crippen LogP contribution in [0.5, 0.6) is 0 Å². The van der Waals surface area contributed by atoms with E-state index in [1.165, 1.54) is 30.4 Å². The average Bonchev–Trinajstić information content (AvgIpc) is 3.20. The van der Waals surface area contributed by atoms with Crippen LogP contribution in [0.25, 0.3) is 0 Å². The van der Waals surface area contributed by atoms with E-state index in [1.54, 1.807) is 0 Å². The minimum Gasteiger partial charge on any atom is -0.356 e. The van der Waals surface area contributed by atoms with Crippen molar-refractivity contribution in [3.63, 3.8) is 0 Å². The van der Waals surface area contributed by atoms with Crippen molar-refractivity contribution < 1.29 is 4.79 Å². The first-order valence-electron chi connectivity index (χ1n) is 10.9. The Hall–Kier alpha value is -1.31. The van der Waals surface area contributed by atoms with Crippen LogP contribution < -0.4 is 10.6 Å². The molecule has 1 saturated carbocycles. The Kier molecular flexibility index (Phi) is 9.72. The van der Waals surface area contributed by atoms with Crippen LogP contribution in [0.3, 0.4) is 0 Å². The van der Waals surface area contributed by atoms with Gasteiger partial charge in [-0.25, -0.2) is 0 Å². The largest absolute Gasteiger partial charge is 0.356 e. The molecular formula is C23H37IN4O. The first-order chi connectivity index (χ1) is 13.6. The molecule has 1 aliphatic carbocycles. The molecule has 1 aromatic carbocycles. The molecular weight excluding hydrogens is 475 g/mol. The predicted octanol–water partition coefficient (Wildman–Crippen LogP) is 4.06. The van der Waals surface area contributed by atoms with E-state index in [1.807, 2.05) is 7.05 Å². The SMILES string of the molecule is CN=C(NCC(C)c1ccc(C)cc1)NC1CCN(C(=O)C2CCCCC2)C1.I. The fourth-order valence-corrected chi connectivity index (χ4v) is 4.34. The molecule has 162 valence electrons. The number of aliphatic imine (C=N–C) groups is 1. The molecule has 6 heteroatoms. The minimum atomic E-state index is 0. The fraction of sp³-hybridized carbons (Fsp3) is 0.652. The number of nitrogens with one attached hydrogen (secondary N) is 2. The van der Waals surface area contributed by atoms with Crippen molar-refractivity contribution in [1.29, 1.82) is 0 Å². The average molecular weight is 512 g/mol. The van der Waals surface area contributed by atoms with E-state index in [0.717, 1.165) is 44.9 Å². The molecule has 2 fully saturated rings. The van der Waals surface area contributed by atoms with Crippen LogP contribution in [0.4, 0.5) is 0 Å². The van der Waals surface area contributed by atoms with Gasteiger partial charge in [-0.2, -0.15) is 0 Å². The van der Waals surface area contributed by atoms with Crippen LogP contribution in [-0.2, 0) is 4.79 Å². The molecule has 1 aromatic rings. The van der Waals surface area contributed by atoms with Crippen LogP contribution in [0.1, 0.15) is 62.5 Å². The Morgan fingerprint density at radius 1 is 1.17 bits per heavy atom. The lowest BCUT2D eigenvalue weighted by Gasteiger charge is -2.26. The number of likely N-dealkylation sites (tertiary alicyclic amines) is 1. The van der Waals surface area contributed by atoms with E-state index in [2.05, 4.69) is 58.6 Å². The molecule has 5 nitrogen and oxygen atoms in total. The van der Waals surface area contributed by atoms with Crippen molar-refractivity contribution in [2.75, 3.05) is 26.7 Å². The second-order valence-corrected chi connectivity index (χ2v) is 8.51. The molecule has 1 heterocycles. The number of aryl methyl sites for hydroxylation is 1. The molecule has 3 rings (SSSR count). The fourth-order valence-electron chi connectivity index (χ4n) is 4.34. The van der Waals surface area contributed by atoms with Gasteiger partial charge in [-0.05, 0) is 37.7 Å². The molecule has 0 radical (unpaired) electrons. The van der Waals surface area contributed by atoms with Gasteiger partial charge in [0.25, 0.3) is 0 Å². The smallest absolute Gasteiger partial charge is 0.225 e. The zero-order valence-corrected chi connectivity index (χ0v) is 20.4. The van der Waals surface area contributed by atoms with E-state index >= 15 is 0 Å². The van der Waals surface area contributed by atoms with Gasteiger partial charge < -0.3 is 15.5 Å². The Labute approximate surface area is 193 Å². The number of carbonyl (C=O) groups is 1. The lowest BCUT2D eigenvalue weighted by molar-refractivity contribution is -0.135.